The Hall–Kier alpha value is -0.800. The fraction of sp³-hybridized carbons (Fsp3) is 0.636. The largest absolute Gasteiger partial charge is 0.367 e. The second kappa shape index (κ2) is 5.83. The molecule has 3 nitrogen and oxygen atoms in total. The highest BCUT2D eigenvalue weighted by Gasteiger charge is 2.01. The number of nitrogens with zero attached hydrogens (tertiary/aromatic N) is 1. The van der Waals surface area contributed by atoms with Crippen molar-refractivity contribution < 1.29 is 0 Å². The summed E-state index contributed by atoms with van der Waals surface area (Å²) in [5.74, 6) is 0. The van der Waals surface area contributed by atoms with E-state index in [2.05, 4.69) is 42.3 Å². The molecule has 0 aliphatic carbocycles. The van der Waals surface area contributed by atoms with Gasteiger partial charge in [-0.1, -0.05) is 0 Å². The highest BCUT2D eigenvalue weighted by atomic mass is 15.1. The zero-order chi connectivity index (χ0) is 10.4. The van der Waals surface area contributed by atoms with E-state index in [4.69, 9.17) is 0 Å². The maximum absolute atomic E-state index is 3.49. The predicted octanol–water partition coefficient (Wildman–Crippen LogP) is 1.44. The minimum absolute atomic E-state index is 0.576. The first-order valence-electron chi connectivity index (χ1n) is 5.18. The molecule has 1 aromatic rings. The number of nitrogens with one attached hydrogen (secondary N) is 2. The van der Waals surface area contributed by atoms with Crippen LogP contribution in [0, 0.1) is 0 Å². The molecule has 0 saturated carbocycles. The van der Waals surface area contributed by atoms with E-state index >= 15 is 0 Å². The number of hydrogen-bond acceptors (Lipinski definition) is 2. The maximum Gasteiger partial charge on any atom is 0.0222 e. The molecule has 14 heavy (non-hydrogen) atoms. The van der Waals surface area contributed by atoms with Crippen LogP contribution in [-0.4, -0.2) is 36.6 Å². The van der Waals surface area contributed by atoms with Crippen molar-refractivity contribution in [2.24, 2.45) is 0 Å². The average molecular weight is 195 g/mol. The average Bonchev–Trinajstić information content (AvgIpc) is 2.63. The molecule has 0 spiro atoms. The standard InChI is InChI=1S/C11H21N3/c1-10(5-7-14(2)3)13-9-11-4-6-12-8-11/h4,6,8,10,12-13H,5,7,9H2,1-3H3. The van der Waals surface area contributed by atoms with Crippen LogP contribution in [0.2, 0.25) is 0 Å². The molecule has 0 bridgehead atoms. The van der Waals surface area contributed by atoms with Gasteiger partial charge >= 0.3 is 0 Å². The third-order valence-corrected chi connectivity index (χ3v) is 2.33. The Morgan fingerprint density at radius 1 is 1.50 bits per heavy atom. The van der Waals surface area contributed by atoms with E-state index in [-0.39, 0.29) is 0 Å². The van der Waals surface area contributed by atoms with Crippen molar-refractivity contribution in [3.8, 4) is 0 Å². The smallest absolute Gasteiger partial charge is 0.0222 e. The van der Waals surface area contributed by atoms with Crippen LogP contribution in [0.5, 0.6) is 0 Å². The van der Waals surface area contributed by atoms with E-state index in [1.54, 1.807) is 0 Å². The minimum Gasteiger partial charge on any atom is -0.367 e. The summed E-state index contributed by atoms with van der Waals surface area (Å²) in [5, 5.41) is 3.49. The number of H-pyrrole nitrogens is 1. The number of hydrogen-bond donors (Lipinski definition) is 2. The van der Waals surface area contributed by atoms with Crippen LogP contribution in [0.25, 0.3) is 0 Å². The summed E-state index contributed by atoms with van der Waals surface area (Å²) in [7, 11) is 4.22. The Morgan fingerprint density at radius 2 is 2.29 bits per heavy atom. The molecule has 0 fully saturated rings. The van der Waals surface area contributed by atoms with Crippen molar-refractivity contribution >= 4 is 0 Å². The third kappa shape index (κ3) is 4.44. The molecule has 1 heterocycles. The zero-order valence-electron chi connectivity index (χ0n) is 9.38. The fourth-order valence-corrected chi connectivity index (χ4v) is 1.31. The Labute approximate surface area is 86.5 Å². The molecule has 0 amide bonds. The highest BCUT2D eigenvalue weighted by molar-refractivity contribution is 5.07. The van der Waals surface area contributed by atoms with Gasteiger partial charge in [0.05, 0.1) is 0 Å². The second-order valence-corrected chi connectivity index (χ2v) is 4.09. The normalized spacial score (nSPS) is 13.4. The van der Waals surface area contributed by atoms with Gasteiger partial charge in [-0.2, -0.15) is 0 Å². The number of rotatable bonds is 6. The summed E-state index contributed by atoms with van der Waals surface area (Å²) >= 11 is 0. The maximum atomic E-state index is 3.49. The van der Waals surface area contributed by atoms with Crippen molar-refractivity contribution in [3.05, 3.63) is 24.0 Å². The van der Waals surface area contributed by atoms with Crippen molar-refractivity contribution in [1.29, 1.82) is 0 Å². The topological polar surface area (TPSA) is 31.1 Å². The van der Waals surface area contributed by atoms with E-state index in [1.807, 2.05) is 12.4 Å². The van der Waals surface area contributed by atoms with Gasteiger partial charge in [0, 0.05) is 25.0 Å². The molecule has 80 valence electrons. The quantitative estimate of drug-likeness (QED) is 0.719. The lowest BCUT2D eigenvalue weighted by atomic mass is 10.2. The zero-order valence-corrected chi connectivity index (χ0v) is 9.38. The molecule has 0 saturated heterocycles. The molecule has 0 aromatic carbocycles. The monoisotopic (exact) mass is 195 g/mol. The Bertz CT molecular complexity index is 229. The molecule has 1 atom stereocenters. The first kappa shape index (κ1) is 11.3. The van der Waals surface area contributed by atoms with Gasteiger partial charge in [0.25, 0.3) is 0 Å². The molecule has 3 heteroatoms. The summed E-state index contributed by atoms with van der Waals surface area (Å²) in [6.07, 6.45) is 5.19. The van der Waals surface area contributed by atoms with Crippen molar-refractivity contribution in [2.45, 2.75) is 25.9 Å². The summed E-state index contributed by atoms with van der Waals surface area (Å²) in [6, 6.07) is 2.68. The van der Waals surface area contributed by atoms with Gasteiger partial charge in [0.2, 0.25) is 0 Å². The van der Waals surface area contributed by atoms with Gasteiger partial charge < -0.3 is 15.2 Å². The molecule has 0 radical (unpaired) electrons. The first-order chi connectivity index (χ1) is 6.68. The van der Waals surface area contributed by atoms with Crippen LogP contribution in [-0.2, 0) is 6.54 Å². The van der Waals surface area contributed by atoms with E-state index < -0.39 is 0 Å². The van der Waals surface area contributed by atoms with Gasteiger partial charge in [-0.25, -0.2) is 0 Å². The molecule has 2 N–H and O–H groups in total. The lowest BCUT2D eigenvalue weighted by molar-refractivity contribution is 0.365. The molecule has 1 aromatic heterocycles. The summed E-state index contributed by atoms with van der Waals surface area (Å²) in [4.78, 5) is 5.27. The van der Waals surface area contributed by atoms with Gasteiger partial charge in [0.15, 0.2) is 0 Å². The second-order valence-electron chi connectivity index (χ2n) is 4.09. The van der Waals surface area contributed by atoms with Crippen LogP contribution in [0.15, 0.2) is 18.5 Å². The van der Waals surface area contributed by atoms with Crippen LogP contribution < -0.4 is 5.32 Å². The molecule has 0 aliphatic rings. The van der Waals surface area contributed by atoms with Gasteiger partial charge in [-0.3, -0.25) is 0 Å². The van der Waals surface area contributed by atoms with Crippen LogP contribution in [0.4, 0.5) is 0 Å². The van der Waals surface area contributed by atoms with Crippen LogP contribution in [0.1, 0.15) is 18.9 Å². The predicted molar refractivity (Wildman–Crippen MR) is 60.3 cm³/mol. The molecule has 1 rings (SSSR count). The van der Waals surface area contributed by atoms with Crippen molar-refractivity contribution in [3.63, 3.8) is 0 Å². The lowest BCUT2D eigenvalue weighted by Crippen LogP contribution is -2.29. The summed E-state index contributed by atoms with van der Waals surface area (Å²) in [5.41, 5.74) is 1.32. The highest BCUT2D eigenvalue weighted by Crippen LogP contribution is 1.98. The van der Waals surface area contributed by atoms with E-state index in [0.29, 0.717) is 6.04 Å². The Kier molecular flexibility index (Phi) is 4.70. The van der Waals surface area contributed by atoms with Gasteiger partial charge in [-0.15, -0.1) is 0 Å². The Morgan fingerprint density at radius 3 is 2.86 bits per heavy atom. The molecular weight excluding hydrogens is 174 g/mol. The van der Waals surface area contributed by atoms with Crippen LogP contribution in [0.3, 0.4) is 0 Å². The van der Waals surface area contributed by atoms with Crippen molar-refractivity contribution in [2.75, 3.05) is 20.6 Å². The Balaban J connectivity index is 2.12. The van der Waals surface area contributed by atoms with Gasteiger partial charge in [-0.05, 0) is 45.6 Å². The summed E-state index contributed by atoms with van der Waals surface area (Å²) < 4.78 is 0. The molecule has 0 aliphatic heterocycles. The van der Waals surface area contributed by atoms with E-state index in [1.165, 1.54) is 12.0 Å². The first-order valence-corrected chi connectivity index (χ1v) is 5.18. The molecule has 1 unspecified atom stereocenters. The number of aromatic nitrogens is 1. The fourth-order valence-electron chi connectivity index (χ4n) is 1.31. The SMILES string of the molecule is CC(CCN(C)C)NCc1cc[nH]c1. The van der Waals surface area contributed by atoms with Crippen molar-refractivity contribution in [1.82, 2.24) is 15.2 Å². The summed E-state index contributed by atoms with van der Waals surface area (Å²) in [6.45, 7) is 4.33. The molecular formula is C11H21N3. The van der Waals surface area contributed by atoms with Gasteiger partial charge in [0.1, 0.15) is 0 Å². The van der Waals surface area contributed by atoms with E-state index in [9.17, 15) is 0 Å². The van der Waals surface area contributed by atoms with E-state index in [0.717, 1.165) is 13.1 Å². The van der Waals surface area contributed by atoms with Crippen LogP contribution >= 0.6 is 0 Å². The number of aromatic amines is 1. The minimum atomic E-state index is 0.576. The third-order valence-electron chi connectivity index (χ3n) is 2.33. The lowest BCUT2D eigenvalue weighted by Gasteiger charge is -2.16.